The molecule has 1 aromatic rings. The van der Waals surface area contributed by atoms with Crippen molar-refractivity contribution in [2.24, 2.45) is 5.92 Å². The van der Waals surface area contributed by atoms with Crippen LogP contribution in [0.4, 0.5) is 13.2 Å². The second-order valence-electron chi connectivity index (χ2n) is 7.40. The van der Waals surface area contributed by atoms with Gasteiger partial charge in [-0.1, -0.05) is 18.2 Å². The van der Waals surface area contributed by atoms with Gasteiger partial charge < -0.3 is 19.3 Å². The molecular weight excluding hydrogens is 387 g/mol. The molecule has 27 heavy (non-hydrogen) atoms. The van der Waals surface area contributed by atoms with Crippen molar-refractivity contribution >= 4 is 10.1 Å². The van der Waals surface area contributed by atoms with Crippen LogP contribution < -0.4 is 14.2 Å². The third-order valence-electron chi connectivity index (χ3n) is 6.15. The van der Waals surface area contributed by atoms with Gasteiger partial charge in [0, 0.05) is 22.9 Å². The number of nitrogens with one attached hydrogen (secondary N) is 1. The molecule has 2 aliphatic carbocycles. The summed E-state index contributed by atoms with van der Waals surface area (Å²) in [6.45, 7) is 0.673. The molecule has 1 saturated heterocycles. The Morgan fingerprint density at radius 2 is 2.07 bits per heavy atom. The molecular formula is C17H16F3NO5S. The molecule has 10 heteroatoms. The Kier molecular flexibility index (Phi) is 3.32. The second kappa shape index (κ2) is 5.18. The summed E-state index contributed by atoms with van der Waals surface area (Å²) >= 11 is 0. The summed E-state index contributed by atoms with van der Waals surface area (Å²) in [5.41, 5.74) is -4.59. The standard InChI is InChI=1S/C17H16F3NO5S/c18-17(19,20)27(23,24)26-12-4-1-8-7-10-9-2-3-11(22)15-16(9,5-6-21-10)13(8)14(12)25-15/h1-4,9-11,15,21-22H,5-7H2/t9-,10?,11-,15-,16-/m0/s1. The molecule has 146 valence electrons. The van der Waals surface area contributed by atoms with Crippen molar-refractivity contribution in [2.75, 3.05) is 6.54 Å². The maximum absolute atomic E-state index is 12.8. The molecule has 1 fully saturated rings. The Morgan fingerprint density at radius 1 is 1.30 bits per heavy atom. The highest BCUT2D eigenvalue weighted by molar-refractivity contribution is 7.88. The van der Waals surface area contributed by atoms with Crippen molar-refractivity contribution in [3.05, 3.63) is 35.4 Å². The summed E-state index contributed by atoms with van der Waals surface area (Å²) < 4.78 is 71.6. The Bertz CT molecular complexity index is 960. The Balaban J connectivity index is 1.69. The second-order valence-corrected chi connectivity index (χ2v) is 8.94. The highest BCUT2D eigenvalue weighted by Gasteiger charge is 2.63. The summed E-state index contributed by atoms with van der Waals surface area (Å²) in [6, 6.07) is 2.91. The van der Waals surface area contributed by atoms with Crippen LogP contribution in [0, 0.1) is 5.92 Å². The lowest BCUT2D eigenvalue weighted by Crippen LogP contribution is -2.64. The Morgan fingerprint density at radius 3 is 2.81 bits per heavy atom. The van der Waals surface area contributed by atoms with Crippen LogP contribution in [-0.2, 0) is 22.0 Å². The highest BCUT2D eigenvalue weighted by atomic mass is 32.2. The van der Waals surface area contributed by atoms with Gasteiger partial charge >= 0.3 is 15.6 Å². The lowest BCUT2D eigenvalue weighted by molar-refractivity contribution is -0.0502. The van der Waals surface area contributed by atoms with Gasteiger partial charge in [0.15, 0.2) is 11.5 Å². The molecule has 0 saturated carbocycles. The Labute approximate surface area is 153 Å². The summed E-state index contributed by atoms with van der Waals surface area (Å²) in [7, 11) is -5.82. The van der Waals surface area contributed by atoms with Gasteiger partial charge in [-0.3, -0.25) is 0 Å². The minimum Gasteiger partial charge on any atom is -0.482 e. The summed E-state index contributed by atoms with van der Waals surface area (Å²) in [6.07, 6.45) is 3.19. The Hall–Kier alpha value is -1.78. The zero-order valence-corrected chi connectivity index (χ0v) is 14.7. The maximum Gasteiger partial charge on any atom is 0.534 e. The zero-order valence-electron chi connectivity index (χ0n) is 13.9. The predicted molar refractivity (Wildman–Crippen MR) is 86.9 cm³/mol. The summed E-state index contributed by atoms with van der Waals surface area (Å²) in [4.78, 5) is 0. The first-order valence-corrected chi connectivity index (χ1v) is 9.99. The number of rotatable bonds is 2. The van der Waals surface area contributed by atoms with Crippen LogP contribution in [-0.4, -0.2) is 43.8 Å². The number of alkyl halides is 3. The lowest BCUT2D eigenvalue weighted by atomic mass is 9.54. The average Bonchev–Trinajstić information content (AvgIpc) is 2.91. The van der Waals surface area contributed by atoms with Gasteiger partial charge in [0.05, 0.1) is 0 Å². The molecule has 2 N–H and O–H groups in total. The number of halogens is 3. The molecule has 5 atom stereocenters. The molecule has 4 aliphatic rings. The molecule has 0 amide bonds. The van der Waals surface area contributed by atoms with Crippen LogP contribution in [0.15, 0.2) is 24.3 Å². The van der Waals surface area contributed by atoms with E-state index in [0.717, 1.165) is 5.56 Å². The lowest BCUT2D eigenvalue weighted by Gasteiger charge is -2.53. The van der Waals surface area contributed by atoms with Crippen LogP contribution in [0.1, 0.15) is 17.5 Å². The van der Waals surface area contributed by atoms with Gasteiger partial charge in [-0.2, -0.15) is 21.6 Å². The molecule has 5 rings (SSSR count). The number of aliphatic hydroxyl groups excluding tert-OH is 1. The van der Waals surface area contributed by atoms with Crippen molar-refractivity contribution in [2.45, 2.75) is 42.0 Å². The fourth-order valence-corrected chi connectivity index (χ4v) is 5.66. The van der Waals surface area contributed by atoms with E-state index in [9.17, 15) is 26.7 Å². The van der Waals surface area contributed by atoms with Crippen LogP contribution in [0.5, 0.6) is 11.5 Å². The third kappa shape index (κ3) is 2.11. The topological polar surface area (TPSA) is 84.9 Å². The number of benzene rings is 1. The number of ether oxygens (including phenoxy) is 1. The van der Waals surface area contributed by atoms with E-state index in [1.807, 2.05) is 6.08 Å². The zero-order chi connectivity index (χ0) is 19.2. The van der Waals surface area contributed by atoms with Crippen LogP contribution in [0.25, 0.3) is 0 Å². The van der Waals surface area contributed by atoms with E-state index in [4.69, 9.17) is 4.74 Å². The molecule has 1 spiro atoms. The highest BCUT2D eigenvalue weighted by Crippen LogP contribution is 2.61. The minimum absolute atomic E-state index is 0.00146. The molecule has 0 radical (unpaired) electrons. The summed E-state index contributed by atoms with van der Waals surface area (Å²) in [5.74, 6) is -0.487. The van der Waals surface area contributed by atoms with Crippen molar-refractivity contribution in [3.8, 4) is 11.5 Å². The molecule has 1 unspecified atom stereocenters. The average molecular weight is 403 g/mol. The molecule has 6 nitrogen and oxygen atoms in total. The van der Waals surface area contributed by atoms with Gasteiger partial charge in [0.1, 0.15) is 12.2 Å². The number of aliphatic hydroxyl groups is 1. The smallest absolute Gasteiger partial charge is 0.482 e. The van der Waals surface area contributed by atoms with Gasteiger partial charge in [-0.05, 0) is 31.0 Å². The number of hydrogen-bond acceptors (Lipinski definition) is 6. The first-order valence-electron chi connectivity index (χ1n) is 8.59. The van der Waals surface area contributed by atoms with Gasteiger partial charge in [-0.15, -0.1) is 0 Å². The van der Waals surface area contributed by atoms with Crippen molar-refractivity contribution in [1.29, 1.82) is 0 Å². The van der Waals surface area contributed by atoms with Gasteiger partial charge in [-0.25, -0.2) is 0 Å². The van der Waals surface area contributed by atoms with E-state index in [-0.39, 0.29) is 17.7 Å². The van der Waals surface area contributed by atoms with E-state index in [1.54, 1.807) is 12.1 Å². The van der Waals surface area contributed by atoms with Crippen LogP contribution >= 0.6 is 0 Å². The van der Waals surface area contributed by atoms with E-state index >= 15 is 0 Å². The first-order chi connectivity index (χ1) is 12.6. The monoisotopic (exact) mass is 403 g/mol. The van der Waals surface area contributed by atoms with Gasteiger partial charge in [0.25, 0.3) is 0 Å². The van der Waals surface area contributed by atoms with Crippen molar-refractivity contribution in [1.82, 2.24) is 5.32 Å². The fourth-order valence-electron chi connectivity index (χ4n) is 5.20. The van der Waals surface area contributed by atoms with E-state index in [2.05, 4.69) is 9.50 Å². The number of hydrogen-bond donors (Lipinski definition) is 2. The normalized spacial score (nSPS) is 36.1. The SMILES string of the molecule is O=S(=O)(Oc1ccc2c3c1O[C@H]1[C@@H](O)C=C[C@H]4C(C2)NCC[C@@]341)C(F)(F)F. The molecule has 2 heterocycles. The maximum atomic E-state index is 12.8. The van der Waals surface area contributed by atoms with Crippen LogP contribution in [0.3, 0.4) is 0 Å². The van der Waals surface area contributed by atoms with E-state index < -0.39 is 39.0 Å². The molecule has 0 aromatic heterocycles. The minimum atomic E-state index is -5.82. The van der Waals surface area contributed by atoms with E-state index in [0.29, 0.717) is 24.9 Å². The molecule has 1 aromatic carbocycles. The van der Waals surface area contributed by atoms with Gasteiger partial charge in [0.2, 0.25) is 0 Å². The molecule has 2 bridgehead atoms. The van der Waals surface area contributed by atoms with E-state index in [1.165, 1.54) is 6.07 Å². The quantitative estimate of drug-likeness (QED) is 0.441. The van der Waals surface area contributed by atoms with Crippen molar-refractivity contribution < 1.29 is 35.6 Å². The van der Waals surface area contributed by atoms with Crippen molar-refractivity contribution in [3.63, 3.8) is 0 Å². The summed E-state index contributed by atoms with van der Waals surface area (Å²) in [5, 5.41) is 13.9. The molecule has 2 aliphatic heterocycles. The third-order valence-corrected chi connectivity index (χ3v) is 7.11. The first kappa shape index (κ1) is 17.3. The number of piperidine rings is 1. The van der Waals surface area contributed by atoms with Crippen LogP contribution in [0.2, 0.25) is 0 Å². The predicted octanol–water partition coefficient (Wildman–Crippen LogP) is 1.38. The fraction of sp³-hybridized carbons (Fsp3) is 0.529. The largest absolute Gasteiger partial charge is 0.534 e.